The molecule has 0 atom stereocenters. The van der Waals surface area contributed by atoms with Crippen molar-refractivity contribution in [3.05, 3.63) is 64.1 Å². The highest BCUT2D eigenvalue weighted by atomic mass is 32.2. The number of aryl methyl sites for hydroxylation is 2. The van der Waals surface area contributed by atoms with Crippen LogP contribution < -0.4 is 10.1 Å². The van der Waals surface area contributed by atoms with Crippen molar-refractivity contribution >= 4 is 34.6 Å². The molecule has 0 unspecified atom stereocenters. The summed E-state index contributed by atoms with van der Waals surface area (Å²) in [5, 5.41) is 3.16. The molecule has 3 rings (SSSR count). The van der Waals surface area contributed by atoms with Crippen LogP contribution in [0.15, 0.2) is 52.4 Å². The molecule has 1 N–H and O–H groups in total. The summed E-state index contributed by atoms with van der Waals surface area (Å²) in [6.07, 6.45) is -3.15. The zero-order valence-corrected chi connectivity index (χ0v) is 15.2. The maximum Gasteiger partial charge on any atom is 0.573 e. The van der Waals surface area contributed by atoms with Crippen LogP contribution in [0.3, 0.4) is 0 Å². The Morgan fingerprint density at radius 1 is 1.07 bits per heavy atom. The molecule has 0 saturated carbocycles. The number of thioether (sulfide) groups is 1. The first-order valence-electron chi connectivity index (χ1n) is 7.93. The summed E-state index contributed by atoms with van der Waals surface area (Å²) in [4.78, 5) is 17.1. The second kappa shape index (κ2) is 7.48. The summed E-state index contributed by atoms with van der Waals surface area (Å²) < 4.78 is 40.4. The van der Waals surface area contributed by atoms with Gasteiger partial charge in [0.2, 0.25) is 0 Å². The molecule has 27 heavy (non-hydrogen) atoms. The van der Waals surface area contributed by atoms with Crippen molar-refractivity contribution in [2.75, 3.05) is 0 Å². The van der Waals surface area contributed by atoms with Gasteiger partial charge < -0.3 is 10.1 Å². The number of hydrogen-bond donors (Lipinski definition) is 1. The molecule has 1 fully saturated rings. The topological polar surface area (TPSA) is 50.7 Å². The van der Waals surface area contributed by atoms with Crippen LogP contribution in [-0.4, -0.2) is 17.4 Å². The van der Waals surface area contributed by atoms with Gasteiger partial charge in [0.1, 0.15) is 5.75 Å². The van der Waals surface area contributed by atoms with Gasteiger partial charge in [0.05, 0.1) is 10.6 Å². The Kier molecular flexibility index (Phi) is 5.27. The van der Waals surface area contributed by atoms with Crippen LogP contribution in [0.5, 0.6) is 5.75 Å². The van der Waals surface area contributed by atoms with E-state index in [1.165, 1.54) is 36.0 Å². The molecule has 1 aliphatic heterocycles. The molecule has 0 bridgehead atoms. The summed E-state index contributed by atoms with van der Waals surface area (Å²) in [5.41, 5.74) is 3.37. The lowest BCUT2D eigenvalue weighted by molar-refractivity contribution is -0.274. The maximum absolute atomic E-state index is 12.2. The van der Waals surface area contributed by atoms with Crippen LogP contribution in [-0.2, 0) is 4.79 Å². The molecule has 140 valence electrons. The van der Waals surface area contributed by atoms with E-state index in [9.17, 15) is 18.0 Å². The van der Waals surface area contributed by atoms with Crippen molar-refractivity contribution < 1.29 is 22.7 Å². The highest BCUT2D eigenvalue weighted by molar-refractivity contribution is 8.18. The lowest BCUT2D eigenvalue weighted by Crippen LogP contribution is -2.19. The van der Waals surface area contributed by atoms with E-state index < -0.39 is 6.36 Å². The van der Waals surface area contributed by atoms with Crippen LogP contribution >= 0.6 is 11.8 Å². The third-order valence-electron chi connectivity index (χ3n) is 3.72. The molecule has 8 heteroatoms. The van der Waals surface area contributed by atoms with Gasteiger partial charge in [-0.3, -0.25) is 4.79 Å². The van der Waals surface area contributed by atoms with Gasteiger partial charge in [-0.25, -0.2) is 4.99 Å². The minimum atomic E-state index is -4.74. The fourth-order valence-electron chi connectivity index (χ4n) is 2.48. The Balaban J connectivity index is 1.78. The Morgan fingerprint density at radius 3 is 2.30 bits per heavy atom. The summed E-state index contributed by atoms with van der Waals surface area (Å²) in [7, 11) is 0. The maximum atomic E-state index is 12.2. The number of nitrogens with one attached hydrogen (secondary N) is 1. The number of carbonyl (C=O) groups is 1. The van der Waals surface area contributed by atoms with Crippen LogP contribution in [0.1, 0.15) is 16.7 Å². The van der Waals surface area contributed by atoms with Crippen molar-refractivity contribution in [1.29, 1.82) is 0 Å². The first kappa shape index (κ1) is 19.0. The normalized spacial score (nSPS) is 17.4. The van der Waals surface area contributed by atoms with Crippen molar-refractivity contribution in [3.8, 4) is 5.75 Å². The number of alkyl halides is 3. The number of aliphatic imine (C=N–C) groups is 1. The van der Waals surface area contributed by atoms with Gasteiger partial charge in [-0.15, -0.1) is 13.2 Å². The summed E-state index contributed by atoms with van der Waals surface area (Å²) in [6.45, 7) is 3.88. The summed E-state index contributed by atoms with van der Waals surface area (Å²) >= 11 is 1.18. The molecule has 1 saturated heterocycles. The van der Waals surface area contributed by atoms with Gasteiger partial charge in [0.15, 0.2) is 5.17 Å². The monoisotopic (exact) mass is 392 g/mol. The number of benzene rings is 2. The first-order chi connectivity index (χ1) is 12.7. The fraction of sp³-hybridized carbons (Fsp3) is 0.158. The molecule has 0 radical (unpaired) electrons. The van der Waals surface area contributed by atoms with E-state index >= 15 is 0 Å². The average molecular weight is 392 g/mol. The molecule has 0 spiro atoms. The van der Waals surface area contributed by atoms with E-state index in [1.807, 2.05) is 32.0 Å². The Labute approximate surface area is 158 Å². The molecule has 2 aromatic rings. The second-order valence-corrected chi connectivity index (χ2v) is 6.87. The molecular weight excluding hydrogens is 377 g/mol. The lowest BCUT2D eigenvalue weighted by atomic mass is 10.1. The number of nitrogens with zero attached hydrogens (tertiary/aromatic N) is 1. The third kappa shape index (κ3) is 4.91. The second-order valence-electron chi connectivity index (χ2n) is 5.84. The van der Waals surface area contributed by atoms with Crippen molar-refractivity contribution in [1.82, 2.24) is 5.32 Å². The SMILES string of the molecule is Cc1cccc(C)c1N=C1NC(=O)/C(=C\c2ccc(OC(F)(F)F)cc2)S1. The number of hydrogen-bond acceptors (Lipinski definition) is 4. The number of ether oxygens (including phenoxy) is 1. The van der Waals surface area contributed by atoms with Crippen molar-refractivity contribution in [2.24, 2.45) is 4.99 Å². The highest BCUT2D eigenvalue weighted by Gasteiger charge is 2.31. The quantitative estimate of drug-likeness (QED) is 0.740. The molecule has 1 heterocycles. The molecule has 2 aromatic carbocycles. The smallest absolute Gasteiger partial charge is 0.406 e. The van der Waals surface area contributed by atoms with Gasteiger partial charge in [0, 0.05) is 0 Å². The van der Waals surface area contributed by atoms with E-state index in [4.69, 9.17) is 0 Å². The van der Waals surface area contributed by atoms with Crippen molar-refractivity contribution in [2.45, 2.75) is 20.2 Å². The standard InChI is InChI=1S/C19H15F3N2O2S/c1-11-4-3-5-12(2)16(11)23-18-24-17(25)15(27-18)10-13-6-8-14(9-7-13)26-19(20,21)22/h3-10H,1-2H3,(H,23,24,25)/b15-10+. The predicted octanol–water partition coefficient (Wildman–Crippen LogP) is 5.09. The zero-order valence-electron chi connectivity index (χ0n) is 14.4. The van der Waals surface area contributed by atoms with Gasteiger partial charge in [-0.2, -0.15) is 0 Å². The van der Waals surface area contributed by atoms with Crippen molar-refractivity contribution in [3.63, 3.8) is 0 Å². The number of amides is 1. The van der Waals surface area contributed by atoms with Crippen LogP contribution in [0.2, 0.25) is 0 Å². The van der Waals surface area contributed by atoms with Gasteiger partial charge in [-0.1, -0.05) is 30.3 Å². The molecule has 0 aromatic heterocycles. The number of amidine groups is 1. The van der Waals surface area contributed by atoms with Crippen LogP contribution in [0.25, 0.3) is 6.08 Å². The van der Waals surface area contributed by atoms with E-state index in [-0.39, 0.29) is 11.7 Å². The van der Waals surface area contributed by atoms with E-state index in [0.717, 1.165) is 16.8 Å². The Bertz CT molecular complexity index is 915. The number of rotatable bonds is 3. The number of carbonyl (C=O) groups excluding carboxylic acids is 1. The zero-order chi connectivity index (χ0) is 19.6. The van der Waals surface area contributed by atoms with Crippen LogP contribution in [0.4, 0.5) is 18.9 Å². The fourth-order valence-corrected chi connectivity index (χ4v) is 3.31. The molecule has 1 amide bonds. The molecule has 0 aliphatic carbocycles. The van der Waals surface area contributed by atoms with E-state index in [0.29, 0.717) is 15.6 Å². The largest absolute Gasteiger partial charge is 0.573 e. The van der Waals surface area contributed by atoms with Crippen LogP contribution in [0, 0.1) is 13.8 Å². The highest BCUT2D eigenvalue weighted by Crippen LogP contribution is 2.31. The average Bonchev–Trinajstić information content (AvgIpc) is 2.91. The van der Waals surface area contributed by atoms with Gasteiger partial charge in [0.25, 0.3) is 5.91 Å². The number of para-hydroxylation sites is 1. The first-order valence-corrected chi connectivity index (χ1v) is 8.74. The van der Waals surface area contributed by atoms with E-state index in [2.05, 4.69) is 15.0 Å². The molecule has 4 nitrogen and oxygen atoms in total. The van der Waals surface area contributed by atoms with E-state index in [1.54, 1.807) is 6.08 Å². The van der Waals surface area contributed by atoms with Gasteiger partial charge >= 0.3 is 6.36 Å². The minimum absolute atomic E-state index is 0.305. The summed E-state index contributed by atoms with van der Waals surface area (Å²) in [5.74, 6) is -0.619. The minimum Gasteiger partial charge on any atom is -0.406 e. The predicted molar refractivity (Wildman–Crippen MR) is 99.8 cm³/mol. The Morgan fingerprint density at radius 2 is 1.70 bits per heavy atom. The lowest BCUT2D eigenvalue weighted by Gasteiger charge is -2.08. The summed E-state index contributed by atoms with van der Waals surface area (Å²) in [6, 6.07) is 11.1. The number of halogens is 3. The Hall–Kier alpha value is -2.74. The molecule has 1 aliphatic rings. The van der Waals surface area contributed by atoms with Gasteiger partial charge in [-0.05, 0) is 60.5 Å². The third-order valence-corrected chi connectivity index (χ3v) is 4.63. The molecular formula is C19H15F3N2O2S.